The van der Waals surface area contributed by atoms with Crippen molar-refractivity contribution in [3.05, 3.63) is 65.1 Å². The summed E-state index contributed by atoms with van der Waals surface area (Å²) in [4.78, 5) is 6.41. The Morgan fingerprint density at radius 1 is 1.08 bits per heavy atom. The Hall–Kier alpha value is -2.95. The molecule has 206 valence electrons. The third kappa shape index (κ3) is 6.19. The summed E-state index contributed by atoms with van der Waals surface area (Å²) in [6.45, 7) is 1.19. The second-order valence-corrected chi connectivity index (χ2v) is 9.82. The lowest BCUT2D eigenvalue weighted by Gasteiger charge is -2.41. The van der Waals surface area contributed by atoms with Crippen molar-refractivity contribution in [2.75, 3.05) is 40.0 Å². The molecule has 0 saturated carbocycles. The van der Waals surface area contributed by atoms with Gasteiger partial charge in [0.05, 0.1) is 18.7 Å². The minimum absolute atomic E-state index is 0.0426. The average molecular weight is 537 g/mol. The van der Waals surface area contributed by atoms with Crippen molar-refractivity contribution in [3.8, 4) is 11.5 Å². The van der Waals surface area contributed by atoms with E-state index in [1.165, 1.54) is 13.3 Å². The van der Waals surface area contributed by atoms with Crippen molar-refractivity contribution in [3.63, 3.8) is 0 Å². The molecule has 0 bridgehead atoms. The van der Waals surface area contributed by atoms with Crippen LogP contribution in [0.3, 0.4) is 0 Å². The van der Waals surface area contributed by atoms with E-state index in [1.54, 1.807) is 18.2 Å². The number of methoxy groups -OCH3 is 1. The third-order valence-electron chi connectivity index (χ3n) is 7.51. The number of hydrogen-bond acceptors (Lipinski definition) is 6. The number of pyridine rings is 1. The standard InChI is InChI=1S/C28H32F4N2O4/c1-37-19-2-3-24-21(12-19)26(18(15-29)16-33-24)25(36)4-5-28(17-35)6-8-34(9-7-28)10-11-38-20-13-22(30)27(32)23(31)14-20/h2-3,12-14,16,25,35-36H,4-11,15,17H2,1H3/t25-/m1/s1. The minimum Gasteiger partial charge on any atom is -0.497 e. The molecule has 2 heterocycles. The molecule has 0 spiro atoms. The predicted molar refractivity (Wildman–Crippen MR) is 134 cm³/mol. The minimum atomic E-state index is -1.53. The van der Waals surface area contributed by atoms with Crippen LogP contribution < -0.4 is 9.47 Å². The molecule has 10 heteroatoms. The summed E-state index contributed by atoms with van der Waals surface area (Å²) in [7, 11) is 1.54. The lowest BCUT2D eigenvalue weighted by atomic mass is 9.74. The fourth-order valence-corrected chi connectivity index (χ4v) is 5.09. The Kier molecular flexibility index (Phi) is 9.07. The maximum absolute atomic E-state index is 13.8. The van der Waals surface area contributed by atoms with Crippen LogP contribution >= 0.6 is 0 Å². The summed E-state index contributed by atoms with van der Waals surface area (Å²) in [5.41, 5.74) is 1.06. The number of hydrogen-bond donors (Lipinski definition) is 2. The van der Waals surface area contributed by atoms with Crippen LogP contribution in [-0.4, -0.2) is 60.1 Å². The Balaban J connectivity index is 1.34. The van der Waals surface area contributed by atoms with E-state index in [1.807, 2.05) is 0 Å². The van der Waals surface area contributed by atoms with Gasteiger partial charge in [-0.25, -0.2) is 17.6 Å². The van der Waals surface area contributed by atoms with Gasteiger partial charge in [0.1, 0.15) is 24.8 Å². The molecule has 38 heavy (non-hydrogen) atoms. The average Bonchev–Trinajstić information content (AvgIpc) is 2.94. The number of fused-ring (bicyclic) bond motifs is 1. The summed E-state index contributed by atoms with van der Waals surface area (Å²) >= 11 is 0. The zero-order valence-electron chi connectivity index (χ0n) is 21.2. The number of halogens is 4. The zero-order chi connectivity index (χ0) is 27.3. The summed E-state index contributed by atoms with van der Waals surface area (Å²) in [6, 6.07) is 6.90. The Morgan fingerprint density at radius 2 is 1.79 bits per heavy atom. The molecule has 1 aliphatic heterocycles. The van der Waals surface area contributed by atoms with Crippen molar-refractivity contribution >= 4 is 10.9 Å². The predicted octanol–water partition coefficient (Wildman–Crippen LogP) is 5.10. The molecule has 1 aromatic heterocycles. The van der Waals surface area contributed by atoms with Crippen LogP contribution in [0.5, 0.6) is 11.5 Å². The quantitative estimate of drug-likeness (QED) is 0.263. The van der Waals surface area contributed by atoms with Crippen LogP contribution in [0.15, 0.2) is 36.5 Å². The van der Waals surface area contributed by atoms with Gasteiger partial charge in [0.15, 0.2) is 17.5 Å². The molecule has 1 saturated heterocycles. The van der Waals surface area contributed by atoms with Gasteiger partial charge in [-0.1, -0.05) is 0 Å². The number of aromatic nitrogens is 1. The Labute approximate surface area is 218 Å². The van der Waals surface area contributed by atoms with Gasteiger partial charge in [-0.3, -0.25) is 9.88 Å². The largest absolute Gasteiger partial charge is 0.497 e. The molecule has 0 radical (unpaired) electrons. The molecular weight excluding hydrogens is 504 g/mol. The molecular formula is C28H32F4N2O4. The number of piperidine rings is 1. The van der Waals surface area contributed by atoms with Gasteiger partial charge in [-0.15, -0.1) is 0 Å². The van der Waals surface area contributed by atoms with Gasteiger partial charge >= 0.3 is 0 Å². The van der Waals surface area contributed by atoms with Crippen molar-refractivity contribution in [1.29, 1.82) is 0 Å². The molecule has 2 aromatic carbocycles. The van der Waals surface area contributed by atoms with Gasteiger partial charge in [-0.2, -0.15) is 0 Å². The number of rotatable bonds is 11. The number of nitrogens with zero attached hydrogens (tertiary/aromatic N) is 2. The first-order chi connectivity index (χ1) is 18.3. The van der Waals surface area contributed by atoms with E-state index in [0.29, 0.717) is 73.1 Å². The molecule has 4 rings (SSSR count). The van der Waals surface area contributed by atoms with E-state index in [-0.39, 0.29) is 19.0 Å². The second-order valence-electron chi connectivity index (χ2n) is 9.82. The maximum Gasteiger partial charge on any atom is 0.194 e. The summed E-state index contributed by atoms with van der Waals surface area (Å²) < 4.78 is 64.3. The van der Waals surface area contributed by atoms with Gasteiger partial charge < -0.3 is 19.7 Å². The Morgan fingerprint density at radius 3 is 2.42 bits per heavy atom. The summed E-state index contributed by atoms with van der Waals surface area (Å²) in [6.07, 6.45) is 2.75. The molecule has 0 aliphatic carbocycles. The lowest BCUT2D eigenvalue weighted by molar-refractivity contribution is 0.0204. The van der Waals surface area contributed by atoms with Gasteiger partial charge in [-0.05, 0) is 68.0 Å². The fraction of sp³-hybridized carbons (Fsp3) is 0.464. The van der Waals surface area contributed by atoms with E-state index in [2.05, 4.69) is 9.88 Å². The van der Waals surface area contributed by atoms with Crippen LogP contribution in [-0.2, 0) is 6.67 Å². The molecule has 3 aromatic rings. The van der Waals surface area contributed by atoms with Crippen LogP contribution in [0.2, 0.25) is 0 Å². The number of aliphatic hydroxyl groups excluding tert-OH is 2. The first kappa shape index (κ1) is 28.1. The molecule has 1 aliphatic rings. The van der Waals surface area contributed by atoms with Crippen LogP contribution in [0.1, 0.15) is 42.9 Å². The normalized spacial score (nSPS) is 16.5. The summed E-state index contributed by atoms with van der Waals surface area (Å²) in [5.74, 6) is -3.62. The zero-order valence-corrected chi connectivity index (χ0v) is 21.2. The van der Waals surface area contributed by atoms with Gasteiger partial charge in [0, 0.05) is 42.4 Å². The molecule has 6 nitrogen and oxygen atoms in total. The highest BCUT2D eigenvalue weighted by molar-refractivity contribution is 5.85. The van der Waals surface area contributed by atoms with E-state index in [9.17, 15) is 27.8 Å². The molecule has 0 amide bonds. The number of aliphatic hydroxyl groups is 2. The fourth-order valence-electron chi connectivity index (χ4n) is 5.09. The topological polar surface area (TPSA) is 75.0 Å². The van der Waals surface area contributed by atoms with E-state index in [4.69, 9.17) is 9.47 Å². The van der Waals surface area contributed by atoms with Crippen LogP contribution in [0.4, 0.5) is 17.6 Å². The van der Waals surface area contributed by atoms with Crippen molar-refractivity contribution < 1.29 is 37.2 Å². The highest BCUT2D eigenvalue weighted by Gasteiger charge is 2.34. The van der Waals surface area contributed by atoms with Crippen LogP contribution in [0.25, 0.3) is 10.9 Å². The number of ether oxygens (including phenoxy) is 2. The van der Waals surface area contributed by atoms with E-state index >= 15 is 0 Å². The first-order valence-corrected chi connectivity index (χ1v) is 12.6. The molecule has 1 atom stereocenters. The first-order valence-electron chi connectivity index (χ1n) is 12.6. The SMILES string of the molecule is COc1ccc2ncc(CF)c([C@H](O)CCC3(CO)CCN(CCOc4cc(F)c(F)c(F)c4)CC3)c2c1. The number of alkyl halides is 1. The van der Waals surface area contributed by atoms with E-state index in [0.717, 1.165) is 12.1 Å². The molecule has 1 fully saturated rings. The number of likely N-dealkylation sites (tertiary alicyclic amines) is 1. The highest BCUT2D eigenvalue weighted by atomic mass is 19.2. The number of benzene rings is 2. The van der Waals surface area contributed by atoms with E-state index < -0.39 is 35.6 Å². The molecule has 2 N–H and O–H groups in total. The summed E-state index contributed by atoms with van der Waals surface area (Å²) in [5, 5.41) is 22.0. The van der Waals surface area contributed by atoms with Crippen molar-refractivity contribution in [2.24, 2.45) is 5.41 Å². The monoisotopic (exact) mass is 536 g/mol. The Bertz CT molecular complexity index is 1220. The van der Waals surface area contributed by atoms with Crippen molar-refractivity contribution in [2.45, 2.75) is 38.5 Å². The van der Waals surface area contributed by atoms with Crippen LogP contribution in [0, 0.1) is 22.9 Å². The maximum atomic E-state index is 13.8. The van der Waals surface area contributed by atoms with Gasteiger partial charge in [0.25, 0.3) is 0 Å². The third-order valence-corrected chi connectivity index (χ3v) is 7.51. The van der Waals surface area contributed by atoms with Gasteiger partial charge in [0.2, 0.25) is 0 Å². The lowest BCUT2D eigenvalue weighted by Crippen LogP contribution is -2.43. The highest BCUT2D eigenvalue weighted by Crippen LogP contribution is 2.40. The second kappa shape index (κ2) is 12.3. The van der Waals surface area contributed by atoms with Crippen molar-refractivity contribution in [1.82, 2.24) is 9.88 Å². The smallest absolute Gasteiger partial charge is 0.194 e. The molecule has 0 unspecified atom stereocenters.